The molecule has 1 N–H and O–H groups in total. The number of rotatable bonds is 6. The molecular formula is C14H14N2O3S2. The molecule has 0 saturated heterocycles. The number of amides is 1. The van der Waals surface area contributed by atoms with Crippen LogP contribution >= 0.6 is 23.1 Å². The summed E-state index contributed by atoms with van der Waals surface area (Å²) in [6.07, 6.45) is 0. The number of thiophene rings is 1. The third kappa shape index (κ3) is 4.30. The van der Waals surface area contributed by atoms with Gasteiger partial charge in [0.25, 0.3) is 0 Å². The normalized spacial score (nSPS) is 11.9. The summed E-state index contributed by atoms with van der Waals surface area (Å²) in [7, 11) is 0. The first-order chi connectivity index (χ1) is 10.1. The van der Waals surface area contributed by atoms with Gasteiger partial charge in [0, 0.05) is 0 Å². The Bertz CT molecular complexity index is 628. The third-order valence-electron chi connectivity index (χ3n) is 2.81. The predicted molar refractivity (Wildman–Crippen MR) is 84.7 cm³/mol. The second-order valence-corrected chi connectivity index (χ2v) is 6.25. The first kappa shape index (κ1) is 15.5. The number of carbonyl (C=O) groups is 1. The van der Waals surface area contributed by atoms with E-state index in [1.165, 1.54) is 11.8 Å². The molecule has 21 heavy (non-hydrogen) atoms. The van der Waals surface area contributed by atoms with Crippen molar-refractivity contribution in [2.24, 2.45) is 0 Å². The Hall–Kier alpha value is -1.86. The molecule has 0 fully saturated rings. The lowest BCUT2D eigenvalue weighted by Gasteiger charge is -2.13. The van der Waals surface area contributed by atoms with E-state index < -0.39 is 4.92 Å². The van der Waals surface area contributed by atoms with Crippen molar-refractivity contribution in [2.45, 2.75) is 17.9 Å². The van der Waals surface area contributed by atoms with E-state index in [1.807, 2.05) is 37.3 Å². The quantitative estimate of drug-likeness (QED) is 0.501. The van der Waals surface area contributed by atoms with Gasteiger partial charge in [-0.3, -0.25) is 14.9 Å². The summed E-state index contributed by atoms with van der Waals surface area (Å²) in [5.41, 5.74) is 1.03. The van der Waals surface area contributed by atoms with Crippen molar-refractivity contribution in [3.8, 4) is 0 Å². The van der Waals surface area contributed by atoms with Crippen LogP contribution in [-0.4, -0.2) is 16.6 Å². The van der Waals surface area contributed by atoms with Gasteiger partial charge in [0.2, 0.25) is 5.91 Å². The van der Waals surface area contributed by atoms with Gasteiger partial charge in [-0.1, -0.05) is 41.7 Å². The average Bonchev–Trinajstić information content (AvgIpc) is 2.94. The lowest BCUT2D eigenvalue weighted by atomic mass is 10.1. The zero-order valence-electron chi connectivity index (χ0n) is 11.3. The minimum atomic E-state index is -0.419. The van der Waals surface area contributed by atoms with E-state index in [0.717, 1.165) is 16.9 Å². The summed E-state index contributed by atoms with van der Waals surface area (Å²) in [6.45, 7) is 1.91. The molecule has 7 heteroatoms. The molecule has 1 aromatic carbocycles. The summed E-state index contributed by atoms with van der Waals surface area (Å²) < 4.78 is 0. The van der Waals surface area contributed by atoms with Crippen LogP contribution in [0.15, 0.2) is 46.7 Å². The molecule has 0 aliphatic rings. The minimum Gasteiger partial charge on any atom is -0.349 e. The monoisotopic (exact) mass is 322 g/mol. The van der Waals surface area contributed by atoms with Crippen LogP contribution in [0.5, 0.6) is 0 Å². The summed E-state index contributed by atoms with van der Waals surface area (Å²) in [5.74, 6) is 0.0197. The molecule has 5 nitrogen and oxygen atoms in total. The van der Waals surface area contributed by atoms with E-state index in [0.29, 0.717) is 4.90 Å². The van der Waals surface area contributed by atoms with E-state index in [2.05, 4.69) is 5.32 Å². The molecule has 0 aliphatic carbocycles. The Labute approximate surface area is 130 Å². The molecule has 0 aliphatic heterocycles. The van der Waals surface area contributed by atoms with Crippen LogP contribution < -0.4 is 5.32 Å². The third-order valence-corrected chi connectivity index (χ3v) is 4.85. The topological polar surface area (TPSA) is 72.2 Å². The van der Waals surface area contributed by atoms with Crippen molar-refractivity contribution in [3.05, 3.63) is 57.5 Å². The van der Waals surface area contributed by atoms with Crippen LogP contribution in [-0.2, 0) is 4.79 Å². The van der Waals surface area contributed by atoms with E-state index in [9.17, 15) is 14.9 Å². The highest BCUT2D eigenvalue weighted by atomic mass is 32.2. The molecule has 1 amide bonds. The first-order valence-corrected chi connectivity index (χ1v) is 8.13. The van der Waals surface area contributed by atoms with E-state index in [4.69, 9.17) is 0 Å². The van der Waals surface area contributed by atoms with Gasteiger partial charge in [-0.2, -0.15) is 0 Å². The highest BCUT2D eigenvalue weighted by molar-refractivity contribution is 8.00. The molecule has 0 radical (unpaired) electrons. The summed E-state index contributed by atoms with van der Waals surface area (Å²) in [5, 5.41) is 15.4. The molecule has 110 valence electrons. The molecule has 2 aromatic rings. The molecule has 1 heterocycles. The maximum absolute atomic E-state index is 11.9. The Morgan fingerprint density at radius 2 is 2.10 bits per heavy atom. The second kappa shape index (κ2) is 7.24. The summed E-state index contributed by atoms with van der Waals surface area (Å²) in [6, 6.07) is 11.2. The lowest BCUT2D eigenvalue weighted by Crippen LogP contribution is -2.28. The minimum absolute atomic E-state index is 0.0863. The zero-order valence-corrected chi connectivity index (χ0v) is 12.9. The van der Waals surface area contributed by atoms with Gasteiger partial charge in [0.1, 0.15) is 0 Å². The van der Waals surface area contributed by atoms with Crippen molar-refractivity contribution in [3.63, 3.8) is 0 Å². The standard InChI is InChI=1S/C14H14N2O3S2/c1-10(11-5-3-2-4-6-11)15-13(17)9-21-12-7-8-20-14(12)16(18)19/h2-8,10H,9H2,1H3,(H,15,17). The van der Waals surface area contributed by atoms with Crippen molar-refractivity contribution < 1.29 is 9.72 Å². The smallest absolute Gasteiger partial charge is 0.337 e. The SMILES string of the molecule is CC(NC(=O)CSc1ccsc1[N+](=O)[O-])c1ccccc1. The number of carbonyl (C=O) groups excluding carboxylic acids is 1. The fraction of sp³-hybridized carbons (Fsp3) is 0.214. The fourth-order valence-electron chi connectivity index (χ4n) is 1.78. The summed E-state index contributed by atoms with van der Waals surface area (Å²) in [4.78, 5) is 22.8. The lowest BCUT2D eigenvalue weighted by molar-refractivity contribution is -0.382. The van der Waals surface area contributed by atoms with Crippen molar-refractivity contribution in [1.82, 2.24) is 5.32 Å². The molecule has 0 saturated carbocycles. The van der Waals surface area contributed by atoms with Crippen LogP contribution in [0.3, 0.4) is 0 Å². The van der Waals surface area contributed by atoms with Gasteiger partial charge in [-0.15, -0.1) is 11.8 Å². The fourth-order valence-corrected chi connectivity index (χ4v) is 3.53. The maximum Gasteiger partial charge on any atom is 0.337 e. The number of nitrogens with zero attached hydrogens (tertiary/aromatic N) is 1. The Balaban J connectivity index is 1.88. The molecule has 1 atom stereocenters. The highest BCUT2D eigenvalue weighted by Gasteiger charge is 2.17. The van der Waals surface area contributed by atoms with E-state index >= 15 is 0 Å². The number of nitrogens with one attached hydrogen (secondary N) is 1. The van der Waals surface area contributed by atoms with Gasteiger partial charge >= 0.3 is 5.00 Å². The Kier molecular flexibility index (Phi) is 5.35. The van der Waals surface area contributed by atoms with Crippen molar-refractivity contribution in [2.75, 3.05) is 5.75 Å². The molecule has 1 unspecified atom stereocenters. The number of hydrogen-bond donors (Lipinski definition) is 1. The van der Waals surface area contributed by atoms with Crippen molar-refractivity contribution in [1.29, 1.82) is 0 Å². The zero-order chi connectivity index (χ0) is 15.2. The molecule has 0 bridgehead atoms. The predicted octanol–water partition coefficient (Wildman–Crippen LogP) is 3.63. The van der Waals surface area contributed by atoms with Gasteiger partial charge in [-0.05, 0) is 23.9 Å². The Morgan fingerprint density at radius 3 is 2.76 bits per heavy atom. The largest absolute Gasteiger partial charge is 0.349 e. The van der Waals surface area contributed by atoms with Crippen LogP contribution in [0.1, 0.15) is 18.5 Å². The molecular weight excluding hydrogens is 308 g/mol. The molecule has 1 aromatic heterocycles. The van der Waals surface area contributed by atoms with Gasteiger partial charge < -0.3 is 5.32 Å². The van der Waals surface area contributed by atoms with E-state index in [1.54, 1.807) is 11.4 Å². The number of thioether (sulfide) groups is 1. The first-order valence-electron chi connectivity index (χ1n) is 6.27. The number of hydrogen-bond acceptors (Lipinski definition) is 5. The van der Waals surface area contributed by atoms with Crippen LogP contribution in [0.4, 0.5) is 5.00 Å². The van der Waals surface area contributed by atoms with Crippen molar-refractivity contribution >= 4 is 34.0 Å². The highest BCUT2D eigenvalue weighted by Crippen LogP contribution is 2.34. The Morgan fingerprint density at radius 1 is 1.38 bits per heavy atom. The van der Waals surface area contributed by atoms with Crippen LogP contribution in [0.2, 0.25) is 0 Å². The summed E-state index contributed by atoms with van der Waals surface area (Å²) >= 11 is 2.25. The number of benzene rings is 1. The second-order valence-electron chi connectivity index (χ2n) is 4.34. The average molecular weight is 322 g/mol. The van der Waals surface area contributed by atoms with E-state index in [-0.39, 0.29) is 22.7 Å². The number of nitro groups is 1. The molecule has 2 rings (SSSR count). The maximum atomic E-state index is 11.9. The van der Waals surface area contributed by atoms with Gasteiger partial charge in [-0.25, -0.2) is 0 Å². The van der Waals surface area contributed by atoms with Gasteiger partial charge in [0.05, 0.1) is 21.6 Å². The molecule has 0 spiro atoms. The van der Waals surface area contributed by atoms with Crippen LogP contribution in [0.25, 0.3) is 0 Å². The van der Waals surface area contributed by atoms with Crippen LogP contribution in [0, 0.1) is 10.1 Å². The van der Waals surface area contributed by atoms with Gasteiger partial charge in [0.15, 0.2) is 0 Å².